The molecule has 0 saturated carbocycles. The van der Waals surface area contributed by atoms with Gasteiger partial charge in [0.15, 0.2) is 5.65 Å². The van der Waals surface area contributed by atoms with E-state index in [0.29, 0.717) is 5.65 Å². The maximum atomic E-state index is 11.2. The van der Waals surface area contributed by atoms with E-state index in [1.54, 1.807) is 12.4 Å². The lowest BCUT2D eigenvalue weighted by molar-refractivity contribution is 0.994. The molecule has 0 spiro atoms. The minimum Gasteiger partial charge on any atom is -0.313 e. The average Bonchev–Trinajstić information content (AvgIpc) is 2.41. The number of aromatic amines is 1. The van der Waals surface area contributed by atoms with Crippen molar-refractivity contribution in [3.8, 4) is 0 Å². The zero-order valence-corrected chi connectivity index (χ0v) is 10.0. The quantitative estimate of drug-likeness (QED) is 0.692. The van der Waals surface area contributed by atoms with Crippen LogP contribution >= 0.6 is 45.2 Å². The van der Waals surface area contributed by atoms with Gasteiger partial charge in [-0.15, -0.1) is 0 Å². The van der Waals surface area contributed by atoms with Crippen LogP contribution < -0.4 is 5.69 Å². The molecule has 2 rings (SSSR count). The Bertz CT molecular complexity index is 487. The van der Waals surface area contributed by atoms with Crippen molar-refractivity contribution in [2.45, 2.75) is 0 Å². The molecule has 2 heterocycles. The van der Waals surface area contributed by atoms with Gasteiger partial charge in [0.1, 0.15) is 3.70 Å². The number of halogens is 2. The fraction of sp³-hybridized carbons (Fsp3) is 0. The predicted octanol–water partition coefficient (Wildman–Crippen LogP) is 1.23. The van der Waals surface area contributed by atoms with Crippen LogP contribution in [0.2, 0.25) is 0 Å². The minimum absolute atomic E-state index is 0.152. The van der Waals surface area contributed by atoms with Crippen LogP contribution in [0.5, 0.6) is 0 Å². The van der Waals surface area contributed by atoms with Crippen LogP contribution in [0.15, 0.2) is 17.2 Å². The smallest absolute Gasteiger partial charge is 0.313 e. The summed E-state index contributed by atoms with van der Waals surface area (Å²) in [5.74, 6) is 0. The van der Waals surface area contributed by atoms with Crippen LogP contribution in [0.3, 0.4) is 0 Å². The number of hydrogen-bond donors (Lipinski definition) is 1. The van der Waals surface area contributed by atoms with E-state index in [1.807, 2.05) is 0 Å². The lowest BCUT2D eigenvalue weighted by atomic mass is 10.6. The zero-order valence-electron chi connectivity index (χ0n) is 5.71. The molecule has 0 radical (unpaired) electrons. The van der Waals surface area contributed by atoms with Gasteiger partial charge in [-0.1, -0.05) is 0 Å². The summed E-state index contributed by atoms with van der Waals surface area (Å²) < 4.78 is 3.26. The van der Waals surface area contributed by atoms with Crippen molar-refractivity contribution in [3.05, 3.63) is 30.1 Å². The molecule has 0 atom stereocenters. The SMILES string of the molecule is O=c1[nH]cc(I)c2nc(I)cn12. The number of hydrogen-bond acceptors (Lipinski definition) is 2. The number of imidazole rings is 1. The maximum absolute atomic E-state index is 11.2. The summed E-state index contributed by atoms with van der Waals surface area (Å²) in [6.45, 7) is 0. The Morgan fingerprint density at radius 2 is 2.25 bits per heavy atom. The van der Waals surface area contributed by atoms with E-state index in [4.69, 9.17) is 0 Å². The first-order chi connectivity index (χ1) is 5.68. The molecule has 1 N–H and O–H groups in total. The van der Waals surface area contributed by atoms with E-state index in [2.05, 4.69) is 55.1 Å². The van der Waals surface area contributed by atoms with Crippen molar-refractivity contribution in [2.24, 2.45) is 0 Å². The number of aromatic nitrogens is 3. The number of fused-ring (bicyclic) bond motifs is 1. The molecule has 2 aromatic rings. The summed E-state index contributed by atoms with van der Waals surface area (Å²) in [7, 11) is 0. The van der Waals surface area contributed by atoms with Crippen LogP contribution in [0.4, 0.5) is 0 Å². The highest BCUT2D eigenvalue weighted by Gasteiger charge is 2.04. The third kappa shape index (κ3) is 1.26. The van der Waals surface area contributed by atoms with Gasteiger partial charge in [-0.3, -0.25) is 0 Å². The highest BCUT2D eigenvalue weighted by molar-refractivity contribution is 14.1. The van der Waals surface area contributed by atoms with Crippen molar-refractivity contribution in [2.75, 3.05) is 0 Å². The summed E-state index contributed by atoms with van der Waals surface area (Å²) in [5, 5.41) is 0. The Morgan fingerprint density at radius 3 is 2.92 bits per heavy atom. The second-order valence-electron chi connectivity index (χ2n) is 2.20. The normalized spacial score (nSPS) is 10.8. The van der Waals surface area contributed by atoms with Crippen LogP contribution in [0, 0.1) is 7.27 Å². The topological polar surface area (TPSA) is 50.2 Å². The van der Waals surface area contributed by atoms with Gasteiger partial charge in [-0.25, -0.2) is 14.2 Å². The monoisotopic (exact) mass is 387 g/mol. The van der Waals surface area contributed by atoms with Crippen LogP contribution in [0.25, 0.3) is 5.65 Å². The van der Waals surface area contributed by atoms with Crippen LogP contribution in [-0.2, 0) is 0 Å². The van der Waals surface area contributed by atoms with E-state index >= 15 is 0 Å². The number of nitrogens with one attached hydrogen (secondary N) is 1. The predicted molar refractivity (Wildman–Crippen MR) is 61.2 cm³/mol. The lowest BCUT2D eigenvalue weighted by Crippen LogP contribution is -2.15. The van der Waals surface area contributed by atoms with E-state index in [-0.39, 0.29) is 5.69 Å². The molecule has 0 aromatic carbocycles. The highest BCUT2D eigenvalue weighted by Crippen LogP contribution is 2.10. The first kappa shape index (κ1) is 8.48. The highest BCUT2D eigenvalue weighted by atomic mass is 127. The van der Waals surface area contributed by atoms with Gasteiger partial charge < -0.3 is 4.98 Å². The lowest BCUT2D eigenvalue weighted by Gasteiger charge is -1.92. The molecule has 4 nitrogen and oxygen atoms in total. The number of nitrogens with zero attached hydrogens (tertiary/aromatic N) is 2. The van der Waals surface area contributed by atoms with Crippen LogP contribution in [-0.4, -0.2) is 14.4 Å². The molecule has 62 valence electrons. The summed E-state index contributed by atoms with van der Waals surface area (Å²) in [5.41, 5.74) is 0.560. The molecular formula is C6H3I2N3O. The second kappa shape index (κ2) is 2.98. The first-order valence-corrected chi connectivity index (χ1v) is 5.26. The summed E-state index contributed by atoms with van der Waals surface area (Å²) in [6, 6.07) is 0. The van der Waals surface area contributed by atoms with Gasteiger partial charge in [0.05, 0.1) is 3.57 Å². The Balaban J connectivity index is 3.03. The van der Waals surface area contributed by atoms with Crippen molar-refractivity contribution in [3.63, 3.8) is 0 Å². The molecule has 0 aliphatic heterocycles. The molecule has 0 fully saturated rings. The fourth-order valence-electron chi connectivity index (χ4n) is 0.934. The van der Waals surface area contributed by atoms with E-state index < -0.39 is 0 Å². The summed E-state index contributed by atoms with van der Waals surface area (Å²) >= 11 is 4.21. The standard InChI is InChI=1S/C6H3I2N3O/c7-3-1-9-6(12)11-2-4(8)10-5(3)11/h1-2H,(H,9,12). The molecule has 0 saturated heterocycles. The maximum Gasteiger partial charge on any atom is 0.331 e. The molecular weight excluding hydrogens is 384 g/mol. The molecule has 6 heteroatoms. The molecule has 0 unspecified atom stereocenters. The van der Waals surface area contributed by atoms with E-state index in [0.717, 1.165) is 7.27 Å². The molecule has 12 heavy (non-hydrogen) atoms. The number of H-pyrrole nitrogens is 1. The van der Waals surface area contributed by atoms with Gasteiger partial charge in [-0.2, -0.15) is 0 Å². The van der Waals surface area contributed by atoms with Crippen molar-refractivity contribution >= 4 is 50.8 Å². The van der Waals surface area contributed by atoms with Crippen molar-refractivity contribution < 1.29 is 0 Å². The fourth-order valence-corrected chi connectivity index (χ4v) is 1.98. The third-order valence-corrected chi connectivity index (χ3v) is 2.74. The molecule has 0 aliphatic carbocycles. The largest absolute Gasteiger partial charge is 0.331 e. The zero-order chi connectivity index (χ0) is 8.72. The van der Waals surface area contributed by atoms with Gasteiger partial charge in [0.2, 0.25) is 0 Å². The Labute approximate surface area is 94.7 Å². The van der Waals surface area contributed by atoms with E-state index in [1.165, 1.54) is 4.40 Å². The summed E-state index contributed by atoms with van der Waals surface area (Å²) in [4.78, 5) is 18.0. The van der Waals surface area contributed by atoms with Gasteiger partial charge >= 0.3 is 5.69 Å². The van der Waals surface area contributed by atoms with Crippen molar-refractivity contribution in [1.82, 2.24) is 14.4 Å². The number of rotatable bonds is 0. The Morgan fingerprint density at radius 1 is 1.50 bits per heavy atom. The second-order valence-corrected chi connectivity index (χ2v) is 4.47. The van der Waals surface area contributed by atoms with Crippen LogP contribution in [0.1, 0.15) is 0 Å². The average molecular weight is 387 g/mol. The molecule has 0 aliphatic rings. The third-order valence-electron chi connectivity index (χ3n) is 1.43. The summed E-state index contributed by atoms with van der Waals surface area (Å²) in [6.07, 6.45) is 3.36. The van der Waals surface area contributed by atoms with Gasteiger partial charge in [-0.05, 0) is 45.2 Å². The Hall–Kier alpha value is -0.120. The van der Waals surface area contributed by atoms with Gasteiger partial charge in [0.25, 0.3) is 0 Å². The molecule has 0 bridgehead atoms. The van der Waals surface area contributed by atoms with Crippen molar-refractivity contribution in [1.29, 1.82) is 0 Å². The molecule has 2 aromatic heterocycles. The first-order valence-electron chi connectivity index (χ1n) is 3.10. The molecule has 0 amide bonds. The minimum atomic E-state index is -0.152. The van der Waals surface area contributed by atoms with E-state index in [9.17, 15) is 4.79 Å². The Kier molecular flexibility index (Phi) is 2.10. The van der Waals surface area contributed by atoms with Gasteiger partial charge in [0, 0.05) is 12.4 Å².